The van der Waals surface area contributed by atoms with Crippen molar-refractivity contribution in [3.63, 3.8) is 0 Å². The molecular weight excluding hydrogens is 475 g/mol. The Bertz CT molecular complexity index is 1060. The number of halogens is 4. The van der Waals surface area contributed by atoms with Crippen LogP contribution >= 0.6 is 22.9 Å². The predicted molar refractivity (Wildman–Crippen MR) is 112 cm³/mol. The lowest BCUT2D eigenvalue weighted by atomic mass is 10.1. The molecule has 1 aromatic carbocycles. The van der Waals surface area contributed by atoms with Crippen LogP contribution in [-0.4, -0.2) is 54.7 Å². The Balaban J connectivity index is 1.71. The van der Waals surface area contributed by atoms with Gasteiger partial charge in [-0.15, -0.1) is 11.3 Å². The minimum Gasteiger partial charge on any atom is -0.335 e. The van der Waals surface area contributed by atoms with E-state index in [4.69, 9.17) is 11.6 Å². The van der Waals surface area contributed by atoms with Gasteiger partial charge in [-0.05, 0) is 24.1 Å². The maximum atomic E-state index is 13.0. The number of nitrogens with zero attached hydrogens (tertiary/aromatic N) is 3. The zero-order chi connectivity index (χ0) is 23.0. The van der Waals surface area contributed by atoms with E-state index < -0.39 is 26.7 Å². The van der Waals surface area contributed by atoms with Crippen molar-refractivity contribution in [2.45, 2.75) is 31.3 Å². The topological polar surface area (TPSA) is 70.6 Å². The fourth-order valence-electron chi connectivity index (χ4n) is 3.16. The van der Waals surface area contributed by atoms with Gasteiger partial charge in [-0.2, -0.15) is 17.5 Å². The summed E-state index contributed by atoms with van der Waals surface area (Å²) in [7, 11) is -4.25. The Kier molecular flexibility index (Phi) is 6.99. The predicted octanol–water partition coefficient (Wildman–Crippen LogP) is 4.16. The number of rotatable bonds is 5. The van der Waals surface area contributed by atoms with E-state index in [1.807, 2.05) is 0 Å². The van der Waals surface area contributed by atoms with E-state index in [9.17, 15) is 26.4 Å². The molecule has 12 heteroatoms. The van der Waals surface area contributed by atoms with Gasteiger partial charge in [0.2, 0.25) is 10.0 Å². The molecule has 0 radical (unpaired) electrons. The molecule has 3 rings (SSSR count). The standard InChI is InChI=1S/C19H21ClF3N3O3S2/c1-12(2)9-17-24-15(11-30-17)18(27)25-5-7-26(8-6-25)31(28,29)16-10-13(19(21,22)23)3-4-14(16)20/h3-4,10-12H,5-9H2,1-2H3. The molecular formula is C19H21ClF3N3O3S2. The van der Waals surface area contributed by atoms with Gasteiger partial charge in [0.25, 0.3) is 5.91 Å². The van der Waals surface area contributed by atoms with Gasteiger partial charge in [-0.25, -0.2) is 13.4 Å². The summed E-state index contributed by atoms with van der Waals surface area (Å²) in [5, 5.41) is 2.26. The number of aromatic nitrogens is 1. The molecule has 0 N–H and O–H groups in total. The molecule has 2 heterocycles. The van der Waals surface area contributed by atoms with Gasteiger partial charge in [0.15, 0.2) is 0 Å². The largest absolute Gasteiger partial charge is 0.416 e. The second kappa shape index (κ2) is 9.05. The first-order valence-corrected chi connectivity index (χ1v) is 12.2. The highest BCUT2D eigenvalue weighted by Crippen LogP contribution is 2.34. The minimum absolute atomic E-state index is 0.0519. The highest BCUT2D eigenvalue weighted by molar-refractivity contribution is 7.89. The monoisotopic (exact) mass is 495 g/mol. The first kappa shape index (κ1) is 24.0. The number of thiazole rings is 1. The van der Waals surface area contributed by atoms with E-state index in [1.54, 1.807) is 5.38 Å². The van der Waals surface area contributed by atoms with Gasteiger partial charge in [-0.1, -0.05) is 25.4 Å². The number of benzene rings is 1. The Morgan fingerprint density at radius 2 is 1.87 bits per heavy atom. The van der Waals surface area contributed by atoms with Crippen LogP contribution in [0.3, 0.4) is 0 Å². The van der Waals surface area contributed by atoms with Crippen molar-refractivity contribution in [1.82, 2.24) is 14.2 Å². The van der Waals surface area contributed by atoms with E-state index in [0.29, 0.717) is 17.7 Å². The average molecular weight is 496 g/mol. The molecule has 170 valence electrons. The van der Waals surface area contributed by atoms with Crippen LogP contribution in [0.5, 0.6) is 0 Å². The molecule has 0 atom stereocenters. The maximum absolute atomic E-state index is 13.0. The number of piperazine rings is 1. The maximum Gasteiger partial charge on any atom is 0.416 e. The number of carbonyl (C=O) groups is 1. The summed E-state index contributed by atoms with van der Waals surface area (Å²) in [5.74, 6) is 0.117. The first-order valence-electron chi connectivity index (χ1n) is 9.50. The molecule has 0 bridgehead atoms. The van der Waals surface area contributed by atoms with Gasteiger partial charge in [0.1, 0.15) is 10.6 Å². The Morgan fingerprint density at radius 1 is 1.23 bits per heavy atom. The molecule has 0 aliphatic carbocycles. The van der Waals surface area contributed by atoms with Gasteiger partial charge in [0, 0.05) is 38.0 Å². The Labute approximate surface area is 187 Å². The Morgan fingerprint density at radius 3 is 2.45 bits per heavy atom. The summed E-state index contributed by atoms with van der Waals surface area (Å²) in [6.45, 7) is 4.21. The van der Waals surface area contributed by atoms with Crippen LogP contribution in [0.25, 0.3) is 0 Å². The lowest BCUT2D eigenvalue weighted by Crippen LogP contribution is -2.50. The molecule has 0 saturated carbocycles. The number of hydrogen-bond donors (Lipinski definition) is 0. The first-order chi connectivity index (χ1) is 14.4. The Hall–Kier alpha value is -1.69. The fourth-order valence-corrected chi connectivity index (χ4v) is 6.07. The van der Waals surface area contributed by atoms with Crippen LogP contribution in [0.1, 0.15) is 34.9 Å². The summed E-state index contributed by atoms with van der Waals surface area (Å²) in [5.41, 5.74) is -0.775. The average Bonchev–Trinajstić information content (AvgIpc) is 3.14. The van der Waals surface area contributed by atoms with Crippen molar-refractivity contribution < 1.29 is 26.4 Å². The van der Waals surface area contributed by atoms with E-state index in [-0.39, 0.29) is 37.1 Å². The summed E-state index contributed by atoms with van der Waals surface area (Å²) in [6, 6.07) is 2.20. The number of sulfonamides is 1. The number of amides is 1. The van der Waals surface area contributed by atoms with Gasteiger partial charge in [-0.3, -0.25) is 4.79 Å². The molecule has 1 aliphatic heterocycles. The molecule has 1 saturated heterocycles. The second-order valence-corrected chi connectivity index (χ2v) is 10.8. The van der Waals surface area contributed by atoms with Gasteiger partial charge >= 0.3 is 6.18 Å². The molecule has 6 nitrogen and oxygen atoms in total. The van der Waals surface area contributed by atoms with Crippen molar-refractivity contribution in [1.29, 1.82) is 0 Å². The molecule has 0 spiro atoms. The molecule has 0 unspecified atom stereocenters. The third kappa shape index (κ3) is 5.39. The van der Waals surface area contributed by atoms with Crippen molar-refractivity contribution in [2.75, 3.05) is 26.2 Å². The minimum atomic E-state index is -4.69. The van der Waals surface area contributed by atoms with Crippen LogP contribution in [0, 0.1) is 5.92 Å². The molecule has 1 aromatic heterocycles. The van der Waals surface area contributed by atoms with Crippen LogP contribution in [-0.2, 0) is 22.6 Å². The second-order valence-electron chi connectivity index (χ2n) is 7.56. The lowest BCUT2D eigenvalue weighted by molar-refractivity contribution is -0.137. The lowest BCUT2D eigenvalue weighted by Gasteiger charge is -2.33. The molecule has 1 aliphatic rings. The summed E-state index contributed by atoms with van der Waals surface area (Å²) in [6.07, 6.45) is -3.93. The van der Waals surface area contributed by atoms with Crippen LogP contribution in [0.2, 0.25) is 5.02 Å². The fraction of sp³-hybridized carbons (Fsp3) is 0.474. The summed E-state index contributed by atoms with van der Waals surface area (Å²) >= 11 is 7.31. The van der Waals surface area contributed by atoms with E-state index in [1.165, 1.54) is 16.2 Å². The van der Waals surface area contributed by atoms with Crippen LogP contribution < -0.4 is 0 Å². The zero-order valence-electron chi connectivity index (χ0n) is 16.8. The SMILES string of the molecule is CC(C)Cc1nc(C(=O)N2CCN(S(=O)(=O)c3cc(C(F)(F)F)ccc3Cl)CC2)cs1. The third-order valence-corrected chi connectivity index (χ3v) is 8.01. The van der Waals surface area contributed by atoms with E-state index >= 15 is 0 Å². The van der Waals surface area contributed by atoms with Gasteiger partial charge in [0.05, 0.1) is 15.6 Å². The zero-order valence-corrected chi connectivity index (χ0v) is 19.2. The van der Waals surface area contributed by atoms with Crippen LogP contribution in [0.4, 0.5) is 13.2 Å². The van der Waals surface area contributed by atoms with Crippen molar-refractivity contribution in [3.8, 4) is 0 Å². The highest BCUT2D eigenvalue weighted by atomic mass is 35.5. The smallest absolute Gasteiger partial charge is 0.335 e. The van der Waals surface area contributed by atoms with Crippen molar-refractivity contribution in [3.05, 3.63) is 44.9 Å². The van der Waals surface area contributed by atoms with Crippen molar-refractivity contribution >= 4 is 38.9 Å². The van der Waals surface area contributed by atoms with Gasteiger partial charge < -0.3 is 4.90 Å². The number of alkyl halides is 3. The molecule has 31 heavy (non-hydrogen) atoms. The van der Waals surface area contributed by atoms with E-state index in [0.717, 1.165) is 27.9 Å². The third-order valence-electron chi connectivity index (χ3n) is 4.76. The number of carbonyl (C=O) groups excluding carboxylic acids is 1. The molecule has 1 amide bonds. The quantitative estimate of drug-likeness (QED) is 0.624. The normalized spacial score (nSPS) is 16.2. The molecule has 1 fully saturated rings. The highest BCUT2D eigenvalue weighted by Gasteiger charge is 2.36. The van der Waals surface area contributed by atoms with Crippen molar-refractivity contribution in [2.24, 2.45) is 5.92 Å². The van der Waals surface area contributed by atoms with Crippen LogP contribution in [0.15, 0.2) is 28.5 Å². The van der Waals surface area contributed by atoms with E-state index in [2.05, 4.69) is 18.8 Å². The molecule has 2 aromatic rings. The summed E-state index contributed by atoms with van der Waals surface area (Å²) in [4.78, 5) is 17.9. The number of hydrogen-bond acceptors (Lipinski definition) is 5. The summed E-state index contributed by atoms with van der Waals surface area (Å²) < 4.78 is 65.9.